The predicted octanol–water partition coefficient (Wildman–Crippen LogP) is 2.10. The van der Waals surface area contributed by atoms with E-state index < -0.39 is 11.6 Å². The lowest BCUT2D eigenvalue weighted by Crippen LogP contribution is -2.23. The molecule has 82 valence electrons. The van der Waals surface area contributed by atoms with Gasteiger partial charge in [-0.15, -0.1) is 0 Å². The van der Waals surface area contributed by atoms with Crippen LogP contribution < -0.4 is 11.1 Å². The molecule has 0 atom stereocenters. The molecule has 0 saturated heterocycles. The molecule has 0 aliphatic carbocycles. The third kappa shape index (κ3) is 3.53. The van der Waals surface area contributed by atoms with Gasteiger partial charge in [0, 0.05) is 12.6 Å². The van der Waals surface area contributed by atoms with Gasteiger partial charge < -0.3 is 11.1 Å². The van der Waals surface area contributed by atoms with Crippen molar-refractivity contribution in [2.75, 3.05) is 11.9 Å². The molecule has 1 aromatic carbocycles. The van der Waals surface area contributed by atoms with Gasteiger partial charge in [0.05, 0.1) is 5.69 Å². The van der Waals surface area contributed by atoms with Crippen molar-refractivity contribution in [2.24, 2.45) is 10.7 Å². The van der Waals surface area contributed by atoms with Gasteiger partial charge in [0.25, 0.3) is 0 Å². The topological polar surface area (TPSA) is 50.4 Å². The molecular formula is C10H13F2N3. The lowest BCUT2D eigenvalue weighted by Gasteiger charge is -2.06. The number of anilines is 1. The van der Waals surface area contributed by atoms with Gasteiger partial charge in [-0.05, 0) is 18.6 Å². The zero-order valence-corrected chi connectivity index (χ0v) is 8.43. The van der Waals surface area contributed by atoms with Crippen molar-refractivity contribution in [3.05, 3.63) is 29.8 Å². The first kappa shape index (κ1) is 11.4. The predicted molar refractivity (Wildman–Crippen MR) is 56.8 cm³/mol. The van der Waals surface area contributed by atoms with Gasteiger partial charge in [0.2, 0.25) is 0 Å². The van der Waals surface area contributed by atoms with E-state index in [1.807, 2.05) is 6.92 Å². The first-order chi connectivity index (χ1) is 7.13. The van der Waals surface area contributed by atoms with Crippen molar-refractivity contribution < 1.29 is 8.78 Å². The van der Waals surface area contributed by atoms with Gasteiger partial charge in [0.1, 0.15) is 11.6 Å². The molecule has 3 nitrogen and oxygen atoms in total. The molecule has 0 spiro atoms. The van der Waals surface area contributed by atoms with E-state index in [-0.39, 0.29) is 11.6 Å². The zero-order chi connectivity index (χ0) is 11.3. The Kier molecular flexibility index (Phi) is 4.03. The number of hydrogen-bond acceptors (Lipinski definition) is 1. The lowest BCUT2D eigenvalue weighted by molar-refractivity contribution is 0.604. The fraction of sp³-hybridized carbons (Fsp3) is 0.300. The molecule has 0 fully saturated rings. The van der Waals surface area contributed by atoms with E-state index in [0.29, 0.717) is 6.54 Å². The second-order valence-corrected chi connectivity index (χ2v) is 3.02. The molecule has 0 aromatic heterocycles. The molecule has 0 aliphatic heterocycles. The van der Waals surface area contributed by atoms with E-state index >= 15 is 0 Å². The highest BCUT2D eigenvalue weighted by atomic mass is 19.1. The average Bonchev–Trinajstić information content (AvgIpc) is 2.20. The molecule has 0 unspecified atom stereocenters. The normalized spacial score (nSPS) is 11.5. The van der Waals surface area contributed by atoms with Crippen molar-refractivity contribution in [1.29, 1.82) is 0 Å². The molecule has 0 saturated carbocycles. The lowest BCUT2D eigenvalue weighted by atomic mass is 10.3. The minimum absolute atomic E-state index is 0.00708. The second kappa shape index (κ2) is 5.29. The van der Waals surface area contributed by atoms with Crippen molar-refractivity contribution in [3.8, 4) is 0 Å². The van der Waals surface area contributed by atoms with Crippen molar-refractivity contribution in [3.63, 3.8) is 0 Å². The largest absolute Gasteiger partial charge is 0.370 e. The quantitative estimate of drug-likeness (QED) is 0.596. The number of nitrogens with zero attached hydrogens (tertiary/aromatic N) is 1. The number of halogens is 2. The van der Waals surface area contributed by atoms with E-state index in [1.165, 1.54) is 0 Å². The standard InChI is InChI=1S/C10H13F2N3/c1-2-5-14-10(13)15-9-6-7(11)3-4-8(9)12/h3-4,6H,2,5H2,1H3,(H3,13,14,15). The first-order valence-electron chi connectivity index (χ1n) is 4.65. The molecule has 3 N–H and O–H groups in total. The smallest absolute Gasteiger partial charge is 0.193 e. The Morgan fingerprint density at radius 1 is 1.47 bits per heavy atom. The summed E-state index contributed by atoms with van der Waals surface area (Å²) in [4.78, 5) is 3.90. The zero-order valence-electron chi connectivity index (χ0n) is 8.43. The van der Waals surface area contributed by atoms with Gasteiger partial charge in [-0.2, -0.15) is 0 Å². The molecule has 0 amide bonds. The summed E-state index contributed by atoms with van der Waals surface area (Å²) >= 11 is 0. The Morgan fingerprint density at radius 3 is 2.87 bits per heavy atom. The van der Waals surface area contributed by atoms with Crippen molar-refractivity contribution >= 4 is 11.6 Å². The number of nitrogens with one attached hydrogen (secondary N) is 1. The number of benzene rings is 1. The van der Waals surface area contributed by atoms with Crippen LogP contribution >= 0.6 is 0 Å². The Bertz CT molecular complexity index is 364. The van der Waals surface area contributed by atoms with Gasteiger partial charge in [0.15, 0.2) is 5.96 Å². The highest BCUT2D eigenvalue weighted by molar-refractivity contribution is 5.92. The van der Waals surface area contributed by atoms with Crippen LogP contribution in [-0.4, -0.2) is 12.5 Å². The Morgan fingerprint density at radius 2 is 2.20 bits per heavy atom. The number of rotatable bonds is 3. The maximum atomic E-state index is 13.1. The number of guanidine groups is 1. The van der Waals surface area contributed by atoms with Crippen LogP contribution in [0.2, 0.25) is 0 Å². The summed E-state index contributed by atoms with van der Waals surface area (Å²) in [6.45, 7) is 2.50. The van der Waals surface area contributed by atoms with Crippen LogP contribution in [0.25, 0.3) is 0 Å². The SMILES string of the molecule is CCCN=C(N)Nc1cc(F)ccc1F. The highest BCUT2D eigenvalue weighted by Gasteiger charge is 2.03. The molecule has 5 heteroatoms. The van der Waals surface area contributed by atoms with Gasteiger partial charge in [-0.3, -0.25) is 4.99 Å². The number of nitrogens with two attached hydrogens (primary N) is 1. The van der Waals surface area contributed by atoms with Gasteiger partial charge >= 0.3 is 0 Å². The van der Waals surface area contributed by atoms with Crippen LogP contribution in [0.1, 0.15) is 13.3 Å². The van der Waals surface area contributed by atoms with E-state index in [1.54, 1.807) is 0 Å². The maximum Gasteiger partial charge on any atom is 0.193 e. The summed E-state index contributed by atoms with van der Waals surface area (Å²) < 4.78 is 25.9. The summed E-state index contributed by atoms with van der Waals surface area (Å²) in [5, 5.41) is 2.50. The molecule has 0 aliphatic rings. The van der Waals surface area contributed by atoms with Crippen molar-refractivity contribution in [1.82, 2.24) is 0 Å². The second-order valence-electron chi connectivity index (χ2n) is 3.02. The highest BCUT2D eigenvalue weighted by Crippen LogP contribution is 2.14. The monoisotopic (exact) mass is 213 g/mol. The number of hydrogen-bond donors (Lipinski definition) is 2. The van der Waals surface area contributed by atoms with Crippen LogP contribution in [-0.2, 0) is 0 Å². The Balaban J connectivity index is 2.75. The molecule has 1 aromatic rings. The van der Waals surface area contributed by atoms with E-state index in [9.17, 15) is 8.78 Å². The Hall–Kier alpha value is -1.65. The third-order valence-electron chi connectivity index (χ3n) is 1.70. The molecule has 15 heavy (non-hydrogen) atoms. The first-order valence-corrected chi connectivity index (χ1v) is 4.65. The summed E-state index contributed by atoms with van der Waals surface area (Å²) in [5.74, 6) is -1.01. The fourth-order valence-corrected chi connectivity index (χ4v) is 1.00. The Labute approximate surface area is 87.0 Å². The van der Waals surface area contributed by atoms with Crippen molar-refractivity contribution in [2.45, 2.75) is 13.3 Å². The van der Waals surface area contributed by atoms with E-state index in [0.717, 1.165) is 24.6 Å². The maximum absolute atomic E-state index is 13.1. The molecule has 0 heterocycles. The average molecular weight is 213 g/mol. The summed E-state index contributed by atoms with van der Waals surface area (Å²) in [6.07, 6.45) is 0.841. The third-order valence-corrected chi connectivity index (χ3v) is 1.70. The minimum Gasteiger partial charge on any atom is -0.370 e. The van der Waals surface area contributed by atoms with E-state index in [2.05, 4.69) is 10.3 Å². The van der Waals surface area contributed by atoms with Gasteiger partial charge in [-0.1, -0.05) is 6.92 Å². The number of aliphatic imine (C=N–C) groups is 1. The molecule has 1 rings (SSSR count). The van der Waals surface area contributed by atoms with Crippen LogP contribution in [0.15, 0.2) is 23.2 Å². The van der Waals surface area contributed by atoms with Crippen LogP contribution in [0, 0.1) is 11.6 Å². The minimum atomic E-state index is -0.564. The van der Waals surface area contributed by atoms with E-state index in [4.69, 9.17) is 5.73 Å². The van der Waals surface area contributed by atoms with Gasteiger partial charge in [-0.25, -0.2) is 8.78 Å². The summed E-state index contributed by atoms with van der Waals surface area (Å²) in [5.41, 5.74) is 5.45. The van der Waals surface area contributed by atoms with Crippen LogP contribution in [0.3, 0.4) is 0 Å². The molecule has 0 bridgehead atoms. The molecular weight excluding hydrogens is 200 g/mol. The fourth-order valence-electron chi connectivity index (χ4n) is 1.00. The molecule has 0 radical (unpaired) electrons. The summed E-state index contributed by atoms with van der Waals surface area (Å²) in [6, 6.07) is 3.11. The van der Waals surface area contributed by atoms with Crippen LogP contribution in [0.4, 0.5) is 14.5 Å². The van der Waals surface area contributed by atoms with Crippen LogP contribution in [0.5, 0.6) is 0 Å². The summed E-state index contributed by atoms with van der Waals surface area (Å²) in [7, 11) is 0.